The molecule has 21 heavy (non-hydrogen) atoms. The lowest BCUT2D eigenvalue weighted by Gasteiger charge is -2.29. The van der Waals surface area contributed by atoms with Crippen molar-refractivity contribution in [3.8, 4) is 0 Å². The molecule has 4 nitrogen and oxygen atoms in total. The van der Waals surface area contributed by atoms with Crippen LogP contribution in [0.4, 0.5) is 26.3 Å². The minimum atomic E-state index is -5.79. The minimum Gasteiger partial charge on any atom is -0.465 e. The second kappa shape index (κ2) is 6.52. The quantitative estimate of drug-likeness (QED) is 0.576. The van der Waals surface area contributed by atoms with Crippen molar-refractivity contribution in [3.63, 3.8) is 0 Å². The largest absolute Gasteiger partial charge is 0.465 e. The fourth-order valence-electron chi connectivity index (χ4n) is 1.13. The van der Waals surface area contributed by atoms with Crippen molar-refractivity contribution in [3.05, 3.63) is 0 Å². The first kappa shape index (κ1) is 19.5. The summed E-state index contributed by atoms with van der Waals surface area (Å²) in [5, 5.41) is 0. The lowest BCUT2D eigenvalue weighted by atomic mass is 9.88. The molecule has 0 aliphatic carbocycles. The molecule has 0 aromatic rings. The molecular formula is C11H14F6O4. The monoisotopic (exact) mass is 324 g/mol. The Bertz CT molecular complexity index is 375. The Morgan fingerprint density at radius 3 is 1.76 bits per heavy atom. The van der Waals surface area contributed by atoms with Crippen molar-refractivity contribution >= 4 is 11.9 Å². The third kappa shape index (κ3) is 5.80. The van der Waals surface area contributed by atoms with E-state index < -0.39 is 42.4 Å². The Balaban J connectivity index is 5.16. The molecule has 0 saturated heterocycles. The highest BCUT2D eigenvalue weighted by molar-refractivity contribution is 5.77. The van der Waals surface area contributed by atoms with Gasteiger partial charge >= 0.3 is 24.3 Å². The molecule has 0 saturated carbocycles. The van der Waals surface area contributed by atoms with Gasteiger partial charge in [0.15, 0.2) is 0 Å². The Labute approximate surface area is 116 Å². The predicted octanol–water partition coefficient (Wildman–Crippen LogP) is 3.00. The Morgan fingerprint density at radius 1 is 1.05 bits per heavy atom. The van der Waals surface area contributed by atoms with Crippen LogP contribution < -0.4 is 0 Å². The number of carbonyl (C=O) groups is 2. The minimum absolute atomic E-state index is 0.179. The van der Waals surface area contributed by atoms with Gasteiger partial charge in [0, 0.05) is 6.92 Å². The first-order valence-corrected chi connectivity index (χ1v) is 5.72. The van der Waals surface area contributed by atoms with E-state index >= 15 is 0 Å². The van der Waals surface area contributed by atoms with Crippen LogP contribution in [0.2, 0.25) is 0 Å². The van der Waals surface area contributed by atoms with Crippen molar-refractivity contribution in [1.29, 1.82) is 0 Å². The lowest BCUT2D eigenvalue weighted by Crippen LogP contribution is -2.48. The van der Waals surface area contributed by atoms with Gasteiger partial charge < -0.3 is 9.47 Å². The molecule has 0 aliphatic rings. The van der Waals surface area contributed by atoms with Crippen molar-refractivity contribution in [2.45, 2.75) is 45.6 Å². The Hall–Kier alpha value is -1.48. The highest BCUT2D eigenvalue weighted by Crippen LogP contribution is 2.37. The fourth-order valence-corrected chi connectivity index (χ4v) is 1.13. The summed E-state index contributed by atoms with van der Waals surface area (Å²) in [6.45, 7) is 2.68. The molecule has 0 amide bonds. The van der Waals surface area contributed by atoms with E-state index in [0.717, 1.165) is 13.8 Å². The maximum atomic E-state index is 12.3. The van der Waals surface area contributed by atoms with Gasteiger partial charge in [-0.2, -0.15) is 26.3 Å². The van der Waals surface area contributed by atoms with E-state index in [1.165, 1.54) is 6.92 Å². The summed E-state index contributed by atoms with van der Waals surface area (Å²) in [7, 11) is 0. The van der Waals surface area contributed by atoms with Gasteiger partial charge in [0.25, 0.3) is 6.10 Å². The van der Waals surface area contributed by atoms with Gasteiger partial charge in [-0.1, -0.05) is 6.92 Å². The van der Waals surface area contributed by atoms with Crippen molar-refractivity contribution in [1.82, 2.24) is 0 Å². The summed E-state index contributed by atoms with van der Waals surface area (Å²) < 4.78 is 81.9. The first-order valence-electron chi connectivity index (χ1n) is 5.72. The summed E-state index contributed by atoms with van der Waals surface area (Å²) in [5.41, 5.74) is -1.81. The number of esters is 2. The highest BCUT2D eigenvalue weighted by Gasteiger charge is 2.60. The highest BCUT2D eigenvalue weighted by atomic mass is 19.4. The molecule has 0 aromatic carbocycles. The maximum Gasteiger partial charge on any atom is 0.434 e. The van der Waals surface area contributed by atoms with Crippen LogP contribution >= 0.6 is 0 Å². The number of ether oxygens (including phenoxy) is 2. The molecule has 0 bridgehead atoms. The molecule has 0 aliphatic heterocycles. The normalized spacial score (nSPS) is 15.5. The molecule has 0 N–H and O–H groups in total. The average molecular weight is 324 g/mol. The Morgan fingerprint density at radius 2 is 1.48 bits per heavy atom. The van der Waals surface area contributed by atoms with Crippen molar-refractivity contribution in [2.24, 2.45) is 5.41 Å². The Kier molecular flexibility index (Phi) is 6.06. The SMILES string of the molecule is CCC(C)(COC(C)=O)C(=O)OC(C(F)(F)F)C(F)(F)F. The van der Waals surface area contributed by atoms with Gasteiger partial charge in [0.1, 0.15) is 6.61 Å². The van der Waals surface area contributed by atoms with Crippen LogP contribution in [0.1, 0.15) is 27.2 Å². The van der Waals surface area contributed by atoms with E-state index in [0.29, 0.717) is 0 Å². The zero-order valence-corrected chi connectivity index (χ0v) is 11.4. The molecule has 0 fully saturated rings. The number of carbonyl (C=O) groups excluding carboxylic acids is 2. The zero-order chi connectivity index (χ0) is 17.1. The zero-order valence-electron chi connectivity index (χ0n) is 11.4. The van der Waals surface area contributed by atoms with Gasteiger partial charge in [-0.05, 0) is 13.3 Å². The average Bonchev–Trinajstić information content (AvgIpc) is 2.29. The first-order chi connectivity index (χ1) is 9.24. The lowest BCUT2D eigenvalue weighted by molar-refractivity contribution is -0.316. The van der Waals surface area contributed by atoms with Crippen molar-refractivity contribution in [2.75, 3.05) is 6.61 Å². The van der Waals surface area contributed by atoms with E-state index in [9.17, 15) is 35.9 Å². The third-order valence-electron chi connectivity index (χ3n) is 2.69. The van der Waals surface area contributed by atoms with Gasteiger partial charge in [-0.3, -0.25) is 9.59 Å². The fraction of sp³-hybridized carbons (Fsp3) is 0.818. The van der Waals surface area contributed by atoms with E-state index in [2.05, 4.69) is 9.47 Å². The predicted molar refractivity (Wildman–Crippen MR) is 57.0 cm³/mol. The van der Waals surface area contributed by atoms with Crippen LogP contribution in [0.25, 0.3) is 0 Å². The molecule has 0 radical (unpaired) electrons. The van der Waals surface area contributed by atoms with Crippen LogP contribution in [0.3, 0.4) is 0 Å². The number of hydrogen-bond acceptors (Lipinski definition) is 4. The summed E-state index contributed by atoms with van der Waals surface area (Å²) in [5.74, 6) is -2.57. The standard InChI is InChI=1S/C11H14F6O4/c1-4-9(3,5-20-6(2)18)8(19)21-7(10(12,13)14)11(15,16)17/h7H,4-5H2,1-3H3. The van der Waals surface area contributed by atoms with Crippen LogP contribution in [0, 0.1) is 5.41 Å². The molecular weight excluding hydrogens is 310 g/mol. The number of hydrogen-bond donors (Lipinski definition) is 0. The molecule has 0 rings (SSSR count). The van der Waals surface area contributed by atoms with Gasteiger partial charge in [-0.15, -0.1) is 0 Å². The van der Waals surface area contributed by atoms with Crippen LogP contribution in [0.5, 0.6) is 0 Å². The topological polar surface area (TPSA) is 52.6 Å². The third-order valence-corrected chi connectivity index (χ3v) is 2.69. The summed E-state index contributed by atoms with van der Waals surface area (Å²) in [6.07, 6.45) is -16.0. The summed E-state index contributed by atoms with van der Waals surface area (Å²) >= 11 is 0. The molecule has 0 heterocycles. The van der Waals surface area contributed by atoms with E-state index in [-0.39, 0.29) is 6.42 Å². The molecule has 1 atom stereocenters. The smallest absolute Gasteiger partial charge is 0.434 e. The molecule has 0 spiro atoms. The molecule has 0 aromatic heterocycles. The molecule has 10 heteroatoms. The van der Waals surface area contributed by atoms with E-state index in [4.69, 9.17) is 0 Å². The maximum absolute atomic E-state index is 12.3. The summed E-state index contributed by atoms with van der Waals surface area (Å²) in [4.78, 5) is 22.2. The second-order valence-corrected chi connectivity index (χ2v) is 4.56. The van der Waals surface area contributed by atoms with Crippen LogP contribution in [-0.2, 0) is 19.1 Å². The van der Waals surface area contributed by atoms with Gasteiger partial charge in [0.05, 0.1) is 5.41 Å². The molecule has 1 unspecified atom stereocenters. The number of halogens is 6. The second-order valence-electron chi connectivity index (χ2n) is 4.56. The number of rotatable bonds is 5. The number of alkyl halides is 6. The van der Waals surface area contributed by atoms with Crippen LogP contribution in [0.15, 0.2) is 0 Å². The van der Waals surface area contributed by atoms with Crippen LogP contribution in [-0.4, -0.2) is 37.0 Å². The van der Waals surface area contributed by atoms with Gasteiger partial charge in [-0.25, -0.2) is 0 Å². The van der Waals surface area contributed by atoms with E-state index in [1.54, 1.807) is 0 Å². The van der Waals surface area contributed by atoms with E-state index in [1.807, 2.05) is 0 Å². The van der Waals surface area contributed by atoms with Crippen molar-refractivity contribution < 1.29 is 45.4 Å². The van der Waals surface area contributed by atoms with Gasteiger partial charge in [0.2, 0.25) is 0 Å². The summed E-state index contributed by atoms with van der Waals surface area (Å²) in [6, 6.07) is 0. The molecule has 124 valence electrons.